The Kier molecular flexibility index (Phi) is 4.77. The van der Waals surface area contributed by atoms with E-state index in [1.807, 2.05) is 24.3 Å². The quantitative estimate of drug-likeness (QED) is 0.428. The van der Waals surface area contributed by atoms with Gasteiger partial charge in [0.15, 0.2) is 0 Å². The van der Waals surface area contributed by atoms with Crippen LogP contribution in [0.1, 0.15) is 12.0 Å². The zero-order chi connectivity index (χ0) is 12.7. The van der Waals surface area contributed by atoms with E-state index in [4.69, 9.17) is 6.42 Å². The van der Waals surface area contributed by atoms with E-state index < -0.39 is 0 Å². The standard InChI is InChI=1S/C15H15NO/c1-4-7-12-16(15(17)6-3)14-11-9-8-10-13(14)5-2/h2,4,6,8-11H,1,3,7,12H2. The van der Waals surface area contributed by atoms with E-state index in [0.717, 1.165) is 5.69 Å². The molecule has 2 nitrogen and oxygen atoms in total. The fourth-order valence-corrected chi connectivity index (χ4v) is 1.51. The van der Waals surface area contributed by atoms with Gasteiger partial charge in [-0.25, -0.2) is 0 Å². The van der Waals surface area contributed by atoms with Gasteiger partial charge in [-0.3, -0.25) is 4.79 Å². The molecule has 1 amide bonds. The number of rotatable bonds is 5. The first-order valence-electron chi connectivity index (χ1n) is 5.35. The fourth-order valence-electron chi connectivity index (χ4n) is 1.51. The lowest BCUT2D eigenvalue weighted by molar-refractivity contribution is -0.114. The van der Waals surface area contributed by atoms with Crippen LogP contribution in [-0.2, 0) is 4.79 Å². The molecule has 2 heteroatoms. The van der Waals surface area contributed by atoms with Crippen molar-refractivity contribution in [3.05, 3.63) is 55.1 Å². The van der Waals surface area contributed by atoms with Gasteiger partial charge in [-0.15, -0.1) is 13.0 Å². The number of carbonyl (C=O) groups excluding carboxylic acids is 1. The van der Waals surface area contributed by atoms with Crippen molar-refractivity contribution in [2.75, 3.05) is 11.4 Å². The average Bonchev–Trinajstić information content (AvgIpc) is 2.39. The molecular weight excluding hydrogens is 210 g/mol. The normalized spacial score (nSPS) is 9.12. The minimum Gasteiger partial charge on any atom is -0.307 e. The molecule has 1 rings (SSSR count). The van der Waals surface area contributed by atoms with Crippen molar-refractivity contribution in [2.24, 2.45) is 0 Å². The summed E-state index contributed by atoms with van der Waals surface area (Å²) in [5.74, 6) is 2.42. The first kappa shape index (κ1) is 12.8. The molecular formula is C15H15NO. The maximum Gasteiger partial charge on any atom is 0.250 e. The van der Waals surface area contributed by atoms with Gasteiger partial charge < -0.3 is 4.90 Å². The van der Waals surface area contributed by atoms with E-state index in [1.165, 1.54) is 6.08 Å². The highest BCUT2D eigenvalue weighted by atomic mass is 16.2. The lowest BCUT2D eigenvalue weighted by Gasteiger charge is -2.22. The summed E-state index contributed by atoms with van der Waals surface area (Å²) in [6.07, 6.45) is 9.19. The molecule has 86 valence electrons. The summed E-state index contributed by atoms with van der Waals surface area (Å²) in [7, 11) is 0. The lowest BCUT2D eigenvalue weighted by atomic mass is 10.1. The van der Waals surface area contributed by atoms with Crippen LogP contribution in [0.5, 0.6) is 0 Å². The second-order valence-electron chi connectivity index (χ2n) is 3.43. The number of amides is 1. The van der Waals surface area contributed by atoms with Gasteiger partial charge in [-0.2, -0.15) is 0 Å². The first-order chi connectivity index (χ1) is 8.24. The lowest BCUT2D eigenvalue weighted by Crippen LogP contribution is -2.30. The maximum atomic E-state index is 11.8. The van der Waals surface area contributed by atoms with E-state index >= 15 is 0 Å². The van der Waals surface area contributed by atoms with Crippen molar-refractivity contribution in [1.29, 1.82) is 0 Å². The number of hydrogen-bond donors (Lipinski definition) is 0. The summed E-state index contributed by atoms with van der Waals surface area (Å²) >= 11 is 0. The van der Waals surface area contributed by atoms with Crippen LogP contribution in [0.4, 0.5) is 5.69 Å². The van der Waals surface area contributed by atoms with Gasteiger partial charge in [-0.1, -0.05) is 30.7 Å². The molecule has 0 spiro atoms. The molecule has 0 aromatic heterocycles. The summed E-state index contributed by atoms with van der Waals surface area (Å²) in [6.45, 7) is 7.70. The Balaban J connectivity index is 3.12. The number of hydrogen-bond acceptors (Lipinski definition) is 1. The Labute approximate surface area is 102 Å². The highest BCUT2D eigenvalue weighted by molar-refractivity contribution is 6.01. The molecule has 1 aromatic rings. The van der Waals surface area contributed by atoms with Gasteiger partial charge in [0.25, 0.3) is 0 Å². The van der Waals surface area contributed by atoms with E-state index in [-0.39, 0.29) is 5.91 Å². The summed E-state index contributed by atoms with van der Waals surface area (Å²) < 4.78 is 0. The Morgan fingerprint density at radius 3 is 2.71 bits per heavy atom. The second kappa shape index (κ2) is 6.34. The van der Waals surface area contributed by atoms with E-state index in [1.54, 1.807) is 11.0 Å². The minimum absolute atomic E-state index is 0.158. The van der Waals surface area contributed by atoms with Crippen molar-refractivity contribution >= 4 is 11.6 Å². The number of nitrogens with zero attached hydrogens (tertiary/aromatic N) is 1. The Morgan fingerprint density at radius 2 is 2.12 bits per heavy atom. The summed E-state index contributed by atoms with van der Waals surface area (Å²) in [4.78, 5) is 13.4. The van der Waals surface area contributed by atoms with Crippen molar-refractivity contribution < 1.29 is 4.79 Å². The smallest absolute Gasteiger partial charge is 0.250 e. The van der Waals surface area contributed by atoms with Crippen LogP contribution >= 0.6 is 0 Å². The molecule has 0 aliphatic carbocycles. The van der Waals surface area contributed by atoms with Gasteiger partial charge in [0.2, 0.25) is 5.91 Å². The van der Waals surface area contributed by atoms with Crippen LogP contribution in [0, 0.1) is 12.3 Å². The van der Waals surface area contributed by atoms with E-state index in [2.05, 4.69) is 19.1 Å². The predicted molar refractivity (Wildman–Crippen MR) is 71.7 cm³/mol. The third-order valence-electron chi connectivity index (χ3n) is 2.35. The Morgan fingerprint density at radius 1 is 1.41 bits per heavy atom. The van der Waals surface area contributed by atoms with Gasteiger partial charge in [-0.05, 0) is 24.6 Å². The average molecular weight is 225 g/mol. The highest BCUT2D eigenvalue weighted by Crippen LogP contribution is 2.20. The van der Waals surface area contributed by atoms with Gasteiger partial charge in [0, 0.05) is 12.1 Å². The first-order valence-corrected chi connectivity index (χ1v) is 5.35. The fraction of sp³-hybridized carbons (Fsp3) is 0.133. The predicted octanol–water partition coefficient (Wildman–Crippen LogP) is 2.76. The Hall–Kier alpha value is -2.27. The molecule has 17 heavy (non-hydrogen) atoms. The van der Waals surface area contributed by atoms with Crippen molar-refractivity contribution in [1.82, 2.24) is 0 Å². The molecule has 0 heterocycles. The zero-order valence-electron chi connectivity index (χ0n) is 9.73. The summed E-state index contributed by atoms with van der Waals surface area (Å²) in [6, 6.07) is 7.35. The SMILES string of the molecule is C#Cc1ccccc1N(CCC=C)C(=O)C=C. The number of para-hydroxylation sites is 1. The number of benzene rings is 1. The van der Waals surface area contributed by atoms with Crippen molar-refractivity contribution in [3.63, 3.8) is 0 Å². The largest absolute Gasteiger partial charge is 0.307 e. The monoisotopic (exact) mass is 225 g/mol. The van der Waals surface area contributed by atoms with Gasteiger partial charge >= 0.3 is 0 Å². The molecule has 0 N–H and O–H groups in total. The van der Waals surface area contributed by atoms with Crippen LogP contribution in [0.25, 0.3) is 0 Å². The molecule has 0 fully saturated rings. The molecule has 1 aromatic carbocycles. The Bertz CT molecular complexity index is 468. The van der Waals surface area contributed by atoms with Crippen LogP contribution < -0.4 is 4.90 Å². The molecule has 0 atom stereocenters. The molecule has 0 saturated heterocycles. The number of anilines is 1. The minimum atomic E-state index is -0.158. The van der Waals surface area contributed by atoms with Crippen LogP contribution in [0.3, 0.4) is 0 Å². The van der Waals surface area contributed by atoms with Crippen LogP contribution in [0.2, 0.25) is 0 Å². The van der Waals surface area contributed by atoms with E-state index in [0.29, 0.717) is 18.5 Å². The molecule has 0 bridgehead atoms. The van der Waals surface area contributed by atoms with Crippen LogP contribution in [-0.4, -0.2) is 12.5 Å². The molecule has 0 radical (unpaired) electrons. The zero-order valence-corrected chi connectivity index (χ0v) is 9.73. The highest BCUT2D eigenvalue weighted by Gasteiger charge is 2.14. The summed E-state index contributed by atoms with van der Waals surface area (Å²) in [5.41, 5.74) is 1.44. The van der Waals surface area contributed by atoms with Crippen molar-refractivity contribution in [3.8, 4) is 12.3 Å². The second-order valence-corrected chi connectivity index (χ2v) is 3.43. The molecule has 0 aliphatic rings. The summed E-state index contributed by atoms with van der Waals surface area (Å²) in [5, 5.41) is 0. The van der Waals surface area contributed by atoms with Crippen molar-refractivity contribution in [2.45, 2.75) is 6.42 Å². The molecule has 0 aliphatic heterocycles. The van der Waals surface area contributed by atoms with Gasteiger partial charge in [0.05, 0.1) is 5.69 Å². The number of terminal acetylenes is 1. The van der Waals surface area contributed by atoms with E-state index in [9.17, 15) is 4.79 Å². The van der Waals surface area contributed by atoms with Gasteiger partial charge in [0.1, 0.15) is 0 Å². The maximum absolute atomic E-state index is 11.8. The third kappa shape index (κ3) is 3.09. The van der Waals surface area contributed by atoms with Crippen LogP contribution in [0.15, 0.2) is 49.6 Å². The molecule has 0 unspecified atom stereocenters. The third-order valence-corrected chi connectivity index (χ3v) is 2.35. The molecule has 0 saturated carbocycles. The topological polar surface area (TPSA) is 20.3 Å². The number of carbonyl (C=O) groups is 1.